The lowest BCUT2D eigenvalue weighted by molar-refractivity contribution is 0.474. The second-order valence-corrected chi connectivity index (χ2v) is 5.59. The third-order valence-electron chi connectivity index (χ3n) is 2.31. The Morgan fingerprint density at radius 2 is 2.18 bits per heavy atom. The van der Waals surface area contributed by atoms with E-state index < -0.39 is 0 Å². The van der Waals surface area contributed by atoms with Crippen molar-refractivity contribution >= 4 is 27.7 Å². The Morgan fingerprint density at radius 1 is 1.29 bits per heavy atom. The lowest BCUT2D eigenvalue weighted by Crippen LogP contribution is -1.90. The summed E-state index contributed by atoms with van der Waals surface area (Å²) in [7, 11) is 0. The molecule has 2 rings (SSSR count). The molecule has 0 fully saturated rings. The van der Waals surface area contributed by atoms with Gasteiger partial charge in [-0.15, -0.1) is 11.8 Å². The fourth-order valence-corrected chi connectivity index (χ4v) is 2.84. The molecule has 0 aliphatic heterocycles. The van der Waals surface area contributed by atoms with Gasteiger partial charge in [-0.25, -0.2) is 0 Å². The maximum Gasteiger partial charge on any atom is 0.116 e. The first-order chi connectivity index (χ1) is 8.25. The molecule has 1 aromatic carbocycles. The van der Waals surface area contributed by atoms with Gasteiger partial charge in [0, 0.05) is 27.5 Å². The summed E-state index contributed by atoms with van der Waals surface area (Å²) in [6.07, 6.45) is 4.59. The van der Waals surface area contributed by atoms with Gasteiger partial charge in [0.25, 0.3) is 0 Å². The SMILES string of the molecule is Oc1cccc(SCCc2ccncc2Br)c1. The average molecular weight is 310 g/mol. The molecule has 0 bridgehead atoms. The fourth-order valence-electron chi connectivity index (χ4n) is 1.46. The summed E-state index contributed by atoms with van der Waals surface area (Å²) in [4.78, 5) is 5.13. The van der Waals surface area contributed by atoms with E-state index >= 15 is 0 Å². The van der Waals surface area contributed by atoms with Crippen LogP contribution in [0.4, 0.5) is 0 Å². The molecule has 2 nitrogen and oxygen atoms in total. The second kappa shape index (κ2) is 6.07. The van der Waals surface area contributed by atoms with Crippen LogP contribution in [0, 0.1) is 0 Å². The Morgan fingerprint density at radius 3 is 2.94 bits per heavy atom. The number of phenols is 1. The third-order valence-corrected chi connectivity index (χ3v) is 4.02. The number of phenolic OH excluding ortho intramolecular Hbond substituents is 1. The summed E-state index contributed by atoms with van der Waals surface area (Å²) in [6, 6.07) is 9.36. The van der Waals surface area contributed by atoms with Crippen molar-refractivity contribution < 1.29 is 5.11 Å². The van der Waals surface area contributed by atoms with Gasteiger partial charge in [0.1, 0.15) is 5.75 Å². The highest BCUT2D eigenvalue weighted by molar-refractivity contribution is 9.10. The van der Waals surface area contributed by atoms with E-state index in [2.05, 4.69) is 20.9 Å². The van der Waals surface area contributed by atoms with Crippen molar-refractivity contribution in [2.75, 3.05) is 5.75 Å². The van der Waals surface area contributed by atoms with Crippen molar-refractivity contribution in [3.8, 4) is 5.75 Å². The molecular formula is C13H12BrNOS. The highest BCUT2D eigenvalue weighted by atomic mass is 79.9. The van der Waals surface area contributed by atoms with Gasteiger partial charge in [0.15, 0.2) is 0 Å². The van der Waals surface area contributed by atoms with Crippen LogP contribution in [0.2, 0.25) is 0 Å². The monoisotopic (exact) mass is 309 g/mol. The van der Waals surface area contributed by atoms with Crippen molar-refractivity contribution in [1.82, 2.24) is 4.98 Å². The van der Waals surface area contributed by atoms with Gasteiger partial charge in [-0.2, -0.15) is 0 Å². The minimum atomic E-state index is 0.320. The summed E-state index contributed by atoms with van der Waals surface area (Å²) in [5, 5.41) is 9.34. The first-order valence-electron chi connectivity index (χ1n) is 5.26. The lowest BCUT2D eigenvalue weighted by atomic mass is 10.2. The standard InChI is InChI=1S/C13H12BrNOS/c14-13-9-15-6-4-10(13)5-7-17-12-3-1-2-11(16)8-12/h1-4,6,8-9,16H,5,7H2. The van der Waals surface area contributed by atoms with Crippen molar-refractivity contribution in [2.45, 2.75) is 11.3 Å². The van der Waals surface area contributed by atoms with Gasteiger partial charge >= 0.3 is 0 Å². The number of nitrogens with zero attached hydrogens (tertiary/aromatic N) is 1. The molecule has 0 amide bonds. The number of aryl methyl sites for hydroxylation is 1. The number of halogens is 1. The number of hydrogen-bond acceptors (Lipinski definition) is 3. The smallest absolute Gasteiger partial charge is 0.116 e. The number of hydrogen-bond donors (Lipinski definition) is 1. The first kappa shape index (κ1) is 12.5. The van der Waals surface area contributed by atoms with E-state index in [9.17, 15) is 5.11 Å². The van der Waals surface area contributed by atoms with Crippen LogP contribution in [0.15, 0.2) is 52.1 Å². The molecule has 0 saturated carbocycles. The highest BCUT2D eigenvalue weighted by Gasteiger charge is 2.00. The molecule has 0 radical (unpaired) electrons. The van der Waals surface area contributed by atoms with Crippen LogP contribution in [0.1, 0.15) is 5.56 Å². The topological polar surface area (TPSA) is 33.1 Å². The number of thioether (sulfide) groups is 1. The van der Waals surface area contributed by atoms with Crippen molar-refractivity contribution in [1.29, 1.82) is 0 Å². The van der Waals surface area contributed by atoms with Crippen molar-refractivity contribution in [2.24, 2.45) is 0 Å². The highest BCUT2D eigenvalue weighted by Crippen LogP contribution is 2.24. The van der Waals surface area contributed by atoms with Crippen LogP contribution in [0.3, 0.4) is 0 Å². The van der Waals surface area contributed by atoms with Gasteiger partial charge in [-0.1, -0.05) is 6.07 Å². The normalized spacial score (nSPS) is 10.4. The molecular weight excluding hydrogens is 298 g/mol. The summed E-state index contributed by atoms with van der Waals surface area (Å²) in [5.74, 6) is 1.30. The molecule has 4 heteroatoms. The molecule has 2 aromatic rings. The van der Waals surface area contributed by atoms with Crippen LogP contribution in [0.5, 0.6) is 5.75 Å². The largest absolute Gasteiger partial charge is 0.508 e. The van der Waals surface area contributed by atoms with Gasteiger partial charge in [0.05, 0.1) is 0 Å². The van der Waals surface area contributed by atoms with Gasteiger partial charge in [0.2, 0.25) is 0 Å². The molecule has 0 aliphatic rings. The molecule has 88 valence electrons. The molecule has 0 spiro atoms. The second-order valence-electron chi connectivity index (χ2n) is 3.56. The van der Waals surface area contributed by atoms with E-state index in [0.29, 0.717) is 5.75 Å². The van der Waals surface area contributed by atoms with E-state index in [0.717, 1.165) is 21.5 Å². The van der Waals surface area contributed by atoms with E-state index in [-0.39, 0.29) is 0 Å². The summed E-state index contributed by atoms with van der Waals surface area (Å²) < 4.78 is 1.05. The number of aromatic hydroxyl groups is 1. The predicted molar refractivity (Wildman–Crippen MR) is 74.5 cm³/mol. The Bertz CT molecular complexity index is 504. The Balaban J connectivity index is 1.90. The lowest BCUT2D eigenvalue weighted by Gasteiger charge is -2.04. The zero-order valence-corrected chi connectivity index (χ0v) is 11.5. The molecule has 0 aliphatic carbocycles. The van der Waals surface area contributed by atoms with Crippen LogP contribution < -0.4 is 0 Å². The maximum atomic E-state index is 9.34. The van der Waals surface area contributed by atoms with Crippen molar-refractivity contribution in [3.05, 3.63) is 52.8 Å². The van der Waals surface area contributed by atoms with Gasteiger partial charge in [-0.05, 0) is 52.2 Å². The molecule has 1 N–H and O–H groups in total. The number of rotatable bonds is 4. The summed E-state index contributed by atoms with van der Waals surface area (Å²) in [5.41, 5.74) is 1.26. The number of aromatic nitrogens is 1. The molecule has 0 saturated heterocycles. The maximum absolute atomic E-state index is 9.34. The van der Waals surface area contributed by atoms with Crippen LogP contribution in [-0.2, 0) is 6.42 Å². The van der Waals surface area contributed by atoms with Crippen LogP contribution in [0.25, 0.3) is 0 Å². The molecule has 1 heterocycles. The zero-order valence-electron chi connectivity index (χ0n) is 9.14. The first-order valence-corrected chi connectivity index (χ1v) is 7.04. The van der Waals surface area contributed by atoms with E-state index in [4.69, 9.17) is 0 Å². The summed E-state index contributed by atoms with van der Waals surface area (Å²) in [6.45, 7) is 0. The minimum Gasteiger partial charge on any atom is -0.508 e. The van der Waals surface area contributed by atoms with Crippen molar-refractivity contribution in [3.63, 3.8) is 0 Å². The van der Waals surface area contributed by atoms with Gasteiger partial charge < -0.3 is 5.11 Å². The zero-order chi connectivity index (χ0) is 12.1. The quantitative estimate of drug-likeness (QED) is 0.870. The van der Waals surface area contributed by atoms with Crippen LogP contribution in [-0.4, -0.2) is 15.8 Å². The van der Waals surface area contributed by atoms with Gasteiger partial charge in [-0.3, -0.25) is 4.98 Å². The molecule has 0 atom stereocenters. The Hall–Kier alpha value is -1.00. The van der Waals surface area contributed by atoms with E-state index in [1.54, 1.807) is 30.1 Å². The Labute approximate surface area is 113 Å². The Kier molecular flexibility index (Phi) is 4.45. The number of pyridine rings is 1. The van der Waals surface area contributed by atoms with E-state index in [1.165, 1.54) is 5.56 Å². The minimum absolute atomic E-state index is 0.320. The van der Waals surface area contributed by atoms with Crippen LogP contribution >= 0.6 is 27.7 Å². The number of benzene rings is 1. The molecule has 0 unspecified atom stereocenters. The molecule has 1 aromatic heterocycles. The third kappa shape index (κ3) is 3.75. The summed E-state index contributed by atoms with van der Waals surface area (Å²) >= 11 is 5.22. The fraction of sp³-hybridized carbons (Fsp3) is 0.154. The molecule has 17 heavy (non-hydrogen) atoms. The van der Waals surface area contributed by atoms with E-state index in [1.807, 2.05) is 24.4 Å². The average Bonchev–Trinajstić information content (AvgIpc) is 2.32. The predicted octanol–water partition coefficient (Wildman–Crippen LogP) is 3.88.